The second kappa shape index (κ2) is 9.06. The summed E-state index contributed by atoms with van der Waals surface area (Å²) in [6, 6.07) is 0. The molecule has 0 fully saturated rings. The highest BCUT2D eigenvalue weighted by Gasteiger charge is 2.19. The Hall–Kier alpha value is -3.24. The van der Waals surface area contributed by atoms with Crippen molar-refractivity contribution in [1.82, 2.24) is 30.3 Å². The van der Waals surface area contributed by atoms with Crippen molar-refractivity contribution in [2.75, 3.05) is 25.1 Å². The number of ether oxygens (including phenoxy) is 1. The normalized spacial score (nSPS) is 13.2. The number of aryl methyl sites for hydroxylation is 1. The molecule has 3 aromatic heterocycles. The van der Waals surface area contributed by atoms with E-state index in [1.54, 1.807) is 16.3 Å². The maximum atomic E-state index is 12.9. The number of hydrogen-bond acceptors (Lipinski definition) is 7. The van der Waals surface area contributed by atoms with Gasteiger partial charge in [0.15, 0.2) is 0 Å². The van der Waals surface area contributed by atoms with Gasteiger partial charge in [0.05, 0.1) is 36.3 Å². The molecule has 0 aliphatic carbocycles. The Kier molecular flexibility index (Phi) is 6.05. The number of hydrogen-bond donors (Lipinski definition) is 3. The maximum absolute atomic E-state index is 12.9. The average molecular weight is 426 g/mol. The summed E-state index contributed by atoms with van der Waals surface area (Å²) in [5, 5.41) is 20.3. The van der Waals surface area contributed by atoms with Crippen molar-refractivity contribution in [2.24, 2.45) is 0 Å². The van der Waals surface area contributed by atoms with Gasteiger partial charge in [-0.15, -0.1) is 11.3 Å². The van der Waals surface area contributed by atoms with Crippen LogP contribution in [0.15, 0.2) is 36.0 Å². The zero-order chi connectivity index (χ0) is 20.9. The summed E-state index contributed by atoms with van der Waals surface area (Å²) >= 11 is 1.41. The molecule has 1 amide bonds. The van der Waals surface area contributed by atoms with Crippen LogP contribution in [-0.4, -0.2) is 50.6 Å². The van der Waals surface area contributed by atoms with Gasteiger partial charge in [-0.2, -0.15) is 10.2 Å². The monoisotopic (exact) mass is 425 g/mol. The van der Waals surface area contributed by atoms with Crippen molar-refractivity contribution < 1.29 is 9.53 Å². The smallest absolute Gasteiger partial charge is 0.275 e. The first-order valence-electron chi connectivity index (χ1n) is 9.69. The molecule has 1 aliphatic rings. The lowest BCUT2D eigenvalue weighted by atomic mass is 10.2. The third-order valence-corrected chi connectivity index (χ3v) is 5.42. The molecular weight excluding hydrogens is 402 g/mol. The number of nitrogens with zero attached hydrogens (tertiary/aromatic N) is 4. The number of aromatic amines is 1. The van der Waals surface area contributed by atoms with Gasteiger partial charge < -0.3 is 15.4 Å². The molecule has 0 unspecified atom stereocenters. The lowest BCUT2D eigenvalue weighted by molar-refractivity contribution is 0.102. The molecule has 156 valence electrons. The Bertz CT molecular complexity index is 1090. The van der Waals surface area contributed by atoms with E-state index in [9.17, 15) is 4.79 Å². The number of rotatable bonds is 8. The SMILES string of the molecule is CCOCCn1cc(NC(=O)c2csc(-c3cn[nH]c3C)n2)c(C2=CC=CCN2)n1. The second-order valence-corrected chi connectivity index (χ2v) is 7.50. The Balaban J connectivity index is 1.56. The summed E-state index contributed by atoms with van der Waals surface area (Å²) in [7, 11) is 0. The number of amides is 1. The predicted molar refractivity (Wildman–Crippen MR) is 116 cm³/mol. The quantitative estimate of drug-likeness (QED) is 0.479. The maximum Gasteiger partial charge on any atom is 0.275 e. The van der Waals surface area contributed by atoms with Crippen LogP contribution in [-0.2, 0) is 11.3 Å². The summed E-state index contributed by atoms with van der Waals surface area (Å²) in [5.41, 5.74) is 4.33. The summed E-state index contributed by atoms with van der Waals surface area (Å²) in [4.78, 5) is 17.4. The van der Waals surface area contributed by atoms with Gasteiger partial charge in [0.1, 0.15) is 16.4 Å². The van der Waals surface area contributed by atoms with Crippen LogP contribution >= 0.6 is 11.3 Å². The molecule has 4 heterocycles. The first-order chi connectivity index (χ1) is 14.7. The van der Waals surface area contributed by atoms with Gasteiger partial charge in [0.25, 0.3) is 5.91 Å². The number of aromatic nitrogens is 5. The van der Waals surface area contributed by atoms with Gasteiger partial charge >= 0.3 is 0 Å². The molecule has 0 radical (unpaired) electrons. The largest absolute Gasteiger partial charge is 0.380 e. The molecule has 3 N–H and O–H groups in total. The van der Waals surface area contributed by atoms with E-state index in [4.69, 9.17) is 4.74 Å². The highest BCUT2D eigenvalue weighted by atomic mass is 32.1. The van der Waals surface area contributed by atoms with Crippen molar-refractivity contribution in [1.29, 1.82) is 0 Å². The van der Waals surface area contributed by atoms with Crippen LogP contribution in [0.1, 0.15) is 28.8 Å². The van der Waals surface area contributed by atoms with E-state index in [0.29, 0.717) is 43.4 Å². The van der Waals surface area contributed by atoms with Crippen LogP contribution in [0.2, 0.25) is 0 Å². The number of nitrogens with one attached hydrogen (secondary N) is 3. The average Bonchev–Trinajstić information content (AvgIpc) is 3.48. The molecule has 0 atom stereocenters. The molecule has 30 heavy (non-hydrogen) atoms. The van der Waals surface area contributed by atoms with Crippen LogP contribution in [0.5, 0.6) is 0 Å². The Morgan fingerprint density at radius 3 is 3.07 bits per heavy atom. The third kappa shape index (κ3) is 4.34. The van der Waals surface area contributed by atoms with E-state index < -0.39 is 0 Å². The second-order valence-electron chi connectivity index (χ2n) is 6.64. The fourth-order valence-electron chi connectivity index (χ4n) is 3.01. The number of H-pyrrole nitrogens is 1. The summed E-state index contributed by atoms with van der Waals surface area (Å²) in [6.07, 6.45) is 9.46. The van der Waals surface area contributed by atoms with Gasteiger partial charge in [0.2, 0.25) is 0 Å². The van der Waals surface area contributed by atoms with Crippen LogP contribution in [0, 0.1) is 6.92 Å². The summed E-state index contributed by atoms with van der Waals surface area (Å²) < 4.78 is 7.20. The first kappa shape index (κ1) is 20.0. The molecule has 0 bridgehead atoms. The van der Waals surface area contributed by atoms with Crippen LogP contribution in [0.25, 0.3) is 16.3 Å². The van der Waals surface area contributed by atoms with Crippen molar-refractivity contribution in [3.05, 3.63) is 53.1 Å². The third-order valence-electron chi connectivity index (χ3n) is 4.54. The zero-order valence-corrected chi connectivity index (χ0v) is 17.6. The first-order valence-corrected chi connectivity index (χ1v) is 10.6. The van der Waals surface area contributed by atoms with Crippen LogP contribution in [0.4, 0.5) is 5.69 Å². The Morgan fingerprint density at radius 2 is 2.33 bits per heavy atom. The fraction of sp³-hybridized carbons (Fsp3) is 0.300. The molecular formula is C20H23N7O2S. The Labute approximate surface area is 177 Å². The predicted octanol–water partition coefficient (Wildman–Crippen LogP) is 2.83. The van der Waals surface area contributed by atoms with Crippen molar-refractivity contribution in [3.63, 3.8) is 0 Å². The summed E-state index contributed by atoms with van der Waals surface area (Å²) in [5.74, 6) is -0.281. The van der Waals surface area contributed by atoms with Crippen LogP contribution in [0.3, 0.4) is 0 Å². The topological polar surface area (TPSA) is 110 Å². The molecule has 10 heteroatoms. The van der Waals surface area contributed by atoms with Crippen molar-refractivity contribution >= 4 is 28.6 Å². The number of dihydropyridines is 1. The van der Waals surface area contributed by atoms with E-state index in [1.165, 1.54) is 11.3 Å². The number of thiazole rings is 1. The van der Waals surface area contributed by atoms with Gasteiger partial charge in [-0.05, 0) is 19.9 Å². The standard InChI is InChI=1S/C20H23N7O2S/c1-3-29-9-8-27-11-16(18(26-27)15-6-4-5-7-21-15)23-19(28)17-12-30-20(24-17)14-10-22-25-13(14)2/h4-6,10-12,21H,3,7-9H2,1-2H3,(H,22,25)(H,23,28). The van der Waals surface area contributed by atoms with Crippen molar-refractivity contribution in [3.8, 4) is 10.6 Å². The number of carbonyl (C=O) groups is 1. The highest BCUT2D eigenvalue weighted by molar-refractivity contribution is 7.13. The van der Waals surface area contributed by atoms with E-state index >= 15 is 0 Å². The van der Waals surface area contributed by atoms with E-state index in [-0.39, 0.29) is 5.91 Å². The molecule has 0 spiro atoms. The zero-order valence-electron chi connectivity index (χ0n) is 16.8. The summed E-state index contributed by atoms with van der Waals surface area (Å²) in [6.45, 7) is 6.39. The number of anilines is 1. The fourth-order valence-corrected chi connectivity index (χ4v) is 3.87. The minimum atomic E-state index is -0.281. The molecule has 3 aromatic rings. The van der Waals surface area contributed by atoms with Gasteiger partial charge in [-0.3, -0.25) is 14.6 Å². The molecule has 0 saturated heterocycles. The number of allylic oxidation sites excluding steroid dienone is 2. The lowest BCUT2D eigenvalue weighted by Gasteiger charge is -2.11. The minimum absolute atomic E-state index is 0.281. The van der Waals surface area contributed by atoms with Crippen molar-refractivity contribution in [2.45, 2.75) is 20.4 Å². The molecule has 4 rings (SSSR count). The van der Waals surface area contributed by atoms with Crippen LogP contribution < -0.4 is 10.6 Å². The van der Waals surface area contributed by atoms with Gasteiger partial charge in [-0.1, -0.05) is 12.2 Å². The molecule has 1 aliphatic heterocycles. The van der Waals surface area contributed by atoms with E-state index in [1.807, 2.05) is 38.3 Å². The van der Waals surface area contributed by atoms with E-state index in [2.05, 4.69) is 30.9 Å². The van der Waals surface area contributed by atoms with Gasteiger partial charge in [0, 0.05) is 30.4 Å². The molecule has 0 aromatic carbocycles. The minimum Gasteiger partial charge on any atom is -0.380 e. The van der Waals surface area contributed by atoms with Gasteiger partial charge in [-0.25, -0.2) is 4.98 Å². The highest BCUT2D eigenvalue weighted by Crippen LogP contribution is 2.27. The number of carbonyl (C=O) groups excluding carboxylic acids is 1. The Morgan fingerprint density at radius 1 is 1.43 bits per heavy atom. The molecule has 0 saturated carbocycles. The lowest BCUT2D eigenvalue weighted by Crippen LogP contribution is -2.18. The molecule has 9 nitrogen and oxygen atoms in total. The van der Waals surface area contributed by atoms with E-state index in [0.717, 1.165) is 22.0 Å².